The number of carbonyl (C=O) groups is 1. The van der Waals surface area contributed by atoms with Gasteiger partial charge in [0.2, 0.25) is 5.82 Å². The molecule has 0 fully saturated rings. The molecule has 0 spiro atoms. The van der Waals surface area contributed by atoms with Crippen LogP contribution in [0.3, 0.4) is 0 Å². The molecule has 0 aliphatic carbocycles. The van der Waals surface area contributed by atoms with Crippen molar-refractivity contribution in [3.8, 4) is 22.9 Å². The number of benzene rings is 1. The molecule has 0 aliphatic rings. The SMILES string of the molecule is CC(C)(O)c1nc(-c2cccc(CN(I)C(=O)c3cnc(-c4ccccn4)nc3)c2)no1. The number of aromatic nitrogens is 5. The molecule has 32 heavy (non-hydrogen) atoms. The lowest BCUT2D eigenvalue weighted by atomic mass is 10.1. The third-order valence-electron chi connectivity index (χ3n) is 4.47. The van der Waals surface area contributed by atoms with E-state index in [4.69, 9.17) is 4.52 Å². The normalized spacial score (nSPS) is 11.4. The zero-order valence-corrected chi connectivity index (χ0v) is 19.5. The fourth-order valence-electron chi connectivity index (χ4n) is 2.84. The minimum absolute atomic E-state index is 0.137. The molecule has 0 aliphatic heterocycles. The number of aliphatic hydroxyl groups is 1. The number of carbonyl (C=O) groups excluding carboxylic acids is 1. The Morgan fingerprint density at radius 1 is 1.09 bits per heavy atom. The van der Waals surface area contributed by atoms with E-state index < -0.39 is 5.60 Å². The standard InChI is InChI=1S/C22H19IN6O3/c1-22(2,31)21-27-18(28-32-21)15-7-5-6-14(10-15)13-29(23)20(30)16-11-25-19(26-12-16)17-8-3-4-9-24-17/h3-12,31H,13H2,1-2H3. The van der Waals surface area contributed by atoms with Gasteiger partial charge >= 0.3 is 0 Å². The second-order valence-electron chi connectivity index (χ2n) is 7.52. The van der Waals surface area contributed by atoms with Crippen LogP contribution in [-0.4, -0.2) is 39.2 Å². The zero-order valence-electron chi connectivity index (χ0n) is 17.3. The Bertz CT molecular complexity index is 1220. The van der Waals surface area contributed by atoms with Gasteiger partial charge in [-0.1, -0.05) is 29.4 Å². The monoisotopic (exact) mass is 542 g/mol. The molecule has 0 saturated carbocycles. The van der Waals surface area contributed by atoms with Crippen LogP contribution < -0.4 is 0 Å². The van der Waals surface area contributed by atoms with Gasteiger partial charge in [0.25, 0.3) is 11.8 Å². The molecule has 0 radical (unpaired) electrons. The highest BCUT2D eigenvalue weighted by molar-refractivity contribution is 14.1. The second kappa shape index (κ2) is 9.09. The molecular formula is C22H19IN6O3. The Kier molecular flexibility index (Phi) is 6.24. The van der Waals surface area contributed by atoms with Crippen molar-refractivity contribution in [1.82, 2.24) is 28.2 Å². The number of amides is 1. The predicted octanol–water partition coefficient (Wildman–Crippen LogP) is 3.81. The van der Waals surface area contributed by atoms with Gasteiger partial charge in [0.15, 0.2) is 5.82 Å². The van der Waals surface area contributed by atoms with E-state index in [2.05, 4.69) is 25.1 Å². The summed E-state index contributed by atoms with van der Waals surface area (Å²) in [4.78, 5) is 29.8. The van der Waals surface area contributed by atoms with Crippen LogP contribution in [-0.2, 0) is 12.1 Å². The average molecular weight is 542 g/mol. The fraction of sp³-hybridized carbons (Fsp3) is 0.182. The zero-order chi connectivity index (χ0) is 22.7. The van der Waals surface area contributed by atoms with Crippen molar-refractivity contribution in [2.75, 3.05) is 0 Å². The fourth-order valence-corrected chi connectivity index (χ4v) is 3.51. The van der Waals surface area contributed by atoms with Crippen LogP contribution in [0.2, 0.25) is 0 Å². The summed E-state index contributed by atoms with van der Waals surface area (Å²) in [5.41, 5.74) is 1.41. The van der Waals surface area contributed by atoms with Crippen molar-refractivity contribution in [1.29, 1.82) is 0 Å². The van der Waals surface area contributed by atoms with Gasteiger partial charge in [0, 0.05) is 24.2 Å². The quantitative estimate of drug-likeness (QED) is 0.289. The molecule has 9 nitrogen and oxygen atoms in total. The smallest absolute Gasteiger partial charge is 0.265 e. The average Bonchev–Trinajstić information content (AvgIpc) is 3.31. The molecule has 10 heteroatoms. The van der Waals surface area contributed by atoms with Crippen molar-refractivity contribution in [3.63, 3.8) is 0 Å². The summed E-state index contributed by atoms with van der Waals surface area (Å²) in [5.74, 6) is 0.749. The lowest BCUT2D eigenvalue weighted by Crippen LogP contribution is -2.21. The first-order valence-electron chi connectivity index (χ1n) is 9.68. The highest BCUT2D eigenvalue weighted by Crippen LogP contribution is 2.24. The van der Waals surface area contributed by atoms with Gasteiger partial charge in [-0.2, -0.15) is 4.98 Å². The molecule has 0 saturated heterocycles. The third kappa shape index (κ3) is 4.97. The van der Waals surface area contributed by atoms with Crippen LogP contribution in [0.5, 0.6) is 0 Å². The minimum Gasteiger partial charge on any atom is -0.381 e. The van der Waals surface area contributed by atoms with Crippen molar-refractivity contribution >= 4 is 28.8 Å². The third-order valence-corrected chi connectivity index (χ3v) is 5.25. The summed E-state index contributed by atoms with van der Waals surface area (Å²) < 4.78 is 6.70. The lowest BCUT2D eigenvalue weighted by Gasteiger charge is -2.15. The molecular weight excluding hydrogens is 523 g/mol. The molecule has 0 atom stereocenters. The summed E-state index contributed by atoms with van der Waals surface area (Å²) in [7, 11) is 0. The van der Waals surface area contributed by atoms with Crippen LogP contribution in [0, 0.1) is 0 Å². The van der Waals surface area contributed by atoms with Gasteiger partial charge in [-0.25, -0.2) is 9.97 Å². The topological polar surface area (TPSA) is 118 Å². The molecule has 162 valence electrons. The lowest BCUT2D eigenvalue weighted by molar-refractivity contribution is 0.0420. The van der Waals surface area contributed by atoms with Gasteiger partial charge in [-0.15, -0.1) is 0 Å². The van der Waals surface area contributed by atoms with Crippen LogP contribution in [0.4, 0.5) is 0 Å². The molecule has 1 aromatic carbocycles. The largest absolute Gasteiger partial charge is 0.381 e. The Morgan fingerprint density at radius 3 is 2.53 bits per heavy atom. The van der Waals surface area contributed by atoms with Gasteiger partial charge in [-0.3, -0.25) is 12.9 Å². The predicted molar refractivity (Wildman–Crippen MR) is 124 cm³/mol. The van der Waals surface area contributed by atoms with Gasteiger partial charge in [-0.05, 0) is 37.6 Å². The van der Waals surface area contributed by atoms with E-state index in [9.17, 15) is 9.90 Å². The van der Waals surface area contributed by atoms with Crippen LogP contribution in [0.1, 0.15) is 35.7 Å². The second-order valence-corrected chi connectivity index (χ2v) is 8.68. The minimum atomic E-state index is -1.22. The van der Waals surface area contributed by atoms with Crippen molar-refractivity contribution in [2.45, 2.75) is 26.0 Å². The van der Waals surface area contributed by atoms with E-state index in [-0.39, 0.29) is 11.8 Å². The number of halogens is 1. The van der Waals surface area contributed by atoms with Gasteiger partial charge in [0.1, 0.15) is 11.3 Å². The highest BCUT2D eigenvalue weighted by Gasteiger charge is 2.24. The van der Waals surface area contributed by atoms with E-state index in [0.29, 0.717) is 29.5 Å². The van der Waals surface area contributed by atoms with Crippen LogP contribution >= 0.6 is 22.9 Å². The number of hydrogen-bond acceptors (Lipinski definition) is 8. The molecule has 1 amide bonds. The van der Waals surface area contributed by atoms with Gasteiger partial charge < -0.3 is 9.63 Å². The Morgan fingerprint density at radius 2 is 1.88 bits per heavy atom. The number of pyridine rings is 1. The summed E-state index contributed by atoms with van der Waals surface area (Å²) in [5, 5.41) is 14.0. The first-order valence-corrected chi connectivity index (χ1v) is 10.6. The summed E-state index contributed by atoms with van der Waals surface area (Å²) >= 11 is 1.97. The van der Waals surface area contributed by atoms with E-state index in [1.807, 2.05) is 65.3 Å². The van der Waals surface area contributed by atoms with Crippen molar-refractivity contribution in [3.05, 3.63) is 78.1 Å². The molecule has 1 N–H and O–H groups in total. The van der Waals surface area contributed by atoms with E-state index in [1.165, 1.54) is 12.4 Å². The Balaban J connectivity index is 1.47. The summed E-state index contributed by atoms with van der Waals surface area (Å²) in [6.07, 6.45) is 4.66. The first-order chi connectivity index (χ1) is 15.3. The number of rotatable bonds is 6. The van der Waals surface area contributed by atoms with Crippen molar-refractivity contribution in [2.24, 2.45) is 0 Å². The first kappa shape index (κ1) is 22.0. The molecule has 3 aromatic heterocycles. The maximum Gasteiger partial charge on any atom is 0.265 e. The highest BCUT2D eigenvalue weighted by atomic mass is 127. The maximum atomic E-state index is 12.8. The Hall–Kier alpha value is -3.25. The van der Waals surface area contributed by atoms with E-state index >= 15 is 0 Å². The molecule has 0 bridgehead atoms. The summed E-state index contributed by atoms with van der Waals surface area (Å²) in [6.45, 7) is 3.51. The van der Waals surface area contributed by atoms with Crippen LogP contribution in [0.15, 0.2) is 65.6 Å². The molecule has 4 rings (SSSR count). The summed E-state index contributed by atoms with van der Waals surface area (Å²) in [6, 6.07) is 12.9. The van der Waals surface area contributed by atoms with Crippen LogP contribution in [0.25, 0.3) is 22.9 Å². The Labute approximate surface area is 198 Å². The van der Waals surface area contributed by atoms with Crippen molar-refractivity contribution < 1.29 is 14.4 Å². The molecule has 0 unspecified atom stereocenters. The van der Waals surface area contributed by atoms with E-state index in [1.54, 1.807) is 23.2 Å². The number of nitrogens with zero attached hydrogens (tertiary/aromatic N) is 6. The molecule has 4 aromatic rings. The molecule has 3 heterocycles. The van der Waals surface area contributed by atoms with Gasteiger partial charge in [0.05, 0.1) is 35.0 Å². The maximum absolute atomic E-state index is 12.8. The van der Waals surface area contributed by atoms with E-state index in [0.717, 1.165) is 11.1 Å². The number of hydrogen-bond donors (Lipinski definition) is 1.